The minimum atomic E-state index is 0.649. The molecule has 0 amide bonds. The molecule has 0 atom stereocenters. The zero-order chi connectivity index (χ0) is 14.7. The normalized spacial score (nSPS) is 11.4. The number of benzene rings is 1. The van der Waals surface area contributed by atoms with Crippen LogP contribution < -0.4 is 5.32 Å². The highest BCUT2D eigenvalue weighted by molar-refractivity contribution is 5.89. The zero-order valence-corrected chi connectivity index (χ0v) is 12.5. The van der Waals surface area contributed by atoms with Gasteiger partial charge in [-0.1, -0.05) is 26.0 Å². The van der Waals surface area contributed by atoms with E-state index in [-0.39, 0.29) is 0 Å². The Bertz CT molecular complexity index is 725. The zero-order valence-electron chi connectivity index (χ0n) is 12.5. The van der Waals surface area contributed by atoms with Crippen LogP contribution in [0, 0.1) is 5.92 Å². The topological polar surface area (TPSA) is 42.7 Å². The summed E-state index contributed by atoms with van der Waals surface area (Å²) in [7, 11) is 0. The molecule has 0 radical (unpaired) electrons. The summed E-state index contributed by atoms with van der Waals surface area (Å²) in [5, 5.41) is 10.4. The highest BCUT2D eigenvalue weighted by Crippen LogP contribution is 2.20. The van der Waals surface area contributed by atoms with Crippen molar-refractivity contribution in [2.45, 2.75) is 20.4 Å². The Morgan fingerprint density at radius 2 is 2.10 bits per heavy atom. The van der Waals surface area contributed by atoms with Crippen LogP contribution in [0.5, 0.6) is 0 Å². The summed E-state index contributed by atoms with van der Waals surface area (Å²) >= 11 is 0. The standard InChI is InChI=1S/C17H20N4/c1-13(2)10-19-11-15-7-9-21(20-15)17-5-3-4-14-6-8-18-12-16(14)17/h3-9,12-13,19H,10-11H2,1-2H3. The van der Waals surface area contributed by atoms with Crippen molar-refractivity contribution < 1.29 is 0 Å². The fourth-order valence-corrected chi connectivity index (χ4v) is 2.38. The average molecular weight is 280 g/mol. The number of aromatic nitrogens is 3. The van der Waals surface area contributed by atoms with Gasteiger partial charge in [0.15, 0.2) is 0 Å². The van der Waals surface area contributed by atoms with E-state index in [1.807, 2.05) is 29.3 Å². The molecule has 0 unspecified atom stereocenters. The first-order valence-corrected chi connectivity index (χ1v) is 7.32. The third-order valence-corrected chi connectivity index (χ3v) is 3.41. The van der Waals surface area contributed by atoms with Crippen LogP contribution in [0.15, 0.2) is 48.9 Å². The van der Waals surface area contributed by atoms with Crippen molar-refractivity contribution in [1.82, 2.24) is 20.1 Å². The smallest absolute Gasteiger partial charge is 0.0766 e. The van der Waals surface area contributed by atoms with Crippen LogP contribution in [-0.4, -0.2) is 21.3 Å². The lowest BCUT2D eigenvalue weighted by Gasteiger charge is -2.07. The van der Waals surface area contributed by atoms with E-state index in [1.54, 1.807) is 0 Å². The molecular weight excluding hydrogens is 260 g/mol. The lowest BCUT2D eigenvalue weighted by atomic mass is 10.1. The molecule has 4 nitrogen and oxygen atoms in total. The van der Waals surface area contributed by atoms with Crippen LogP contribution in [0.2, 0.25) is 0 Å². The molecule has 3 aromatic rings. The second kappa shape index (κ2) is 6.06. The molecule has 0 spiro atoms. The molecule has 0 fully saturated rings. The second-order valence-corrected chi connectivity index (χ2v) is 5.65. The molecule has 0 bridgehead atoms. The molecule has 21 heavy (non-hydrogen) atoms. The fraction of sp³-hybridized carbons (Fsp3) is 0.294. The van der Waals surface area contributed by atoms with Crippen molar-refractivity contribution in [3.8, 4) is 5.69 Å². The third kappa shape index (κ3) is 3.11. The lowest BCUT2D eigenvalue weighted by Crippen LogP contribution is -2.19. The number of pyridine rings is 1. The molecule has 108 valence electrons. The van der Waals surface area contributed by atoms with Gasteiger partial charge in [0.25, 0.3) is 0 Å². The summed E-state index contributed by atoms with van der Waals surface area (Å²) in [6, 6.07) is 10.3. The van der Waals surface area contributed by atoms with Crippen LogP contribution in [0.3, 0.4) is 0 Å². The minimum absolute atomic E-state index is 0.649. The average Bonchev–Trinajstić information content (AvgIpc) is 2.95. The number of hydrogen-bond donors (Lipinski definition) is 1. The Labute approximate surface area is 124 Å². The molecule has 4 heteroatoms. The third-order valence-electron chi connectivity index (χ3n) is 3.41. The van der Waals surface area contributed by atoms with E-state index in [0.717, 1.165) is 29.9 Å². The molecule has 0 aliphatic carbocycles. The Morgan fingerprint density at radius 1 is 1.19 bits per heavy atom. The van der Waals surface area contributed by atoms with Crippen LogP contribution in [-0.2, 0) is 6.54 Å². The van der Waals surface area contributed by atoms with Gasteiger partial charge in [0, 0.05) is 30.5 Å². The first kappa shape index (κ1) is 13.8. The second-order valence-electron chi connectivity index (χ2n) is 5.65. The summed E-state index contributed by atoms with van der Waals surface area (Å²) in [5.74, 6) is 0.649. The Balaban J connectivity index is 1.85. The van der Waals surface area contributed by atoms with Crippen molar-refractivity contribution >= 4 is 10.8 Å². The van der Waals surface area contributed by atoms with Gasteiger partial charge < -0.3 is 5.32 Å². The Morgan fingerprint density at radius 3 is 2.95 bits per heavy atom. The van der Waals surface area contributed by atoms with Gasteiger partial charge >= 0.3 is 0 Å². The van der Waals surface area contributed by atoms with E-state index >= 15 is 0 Å². The van der Waals surface area contributed by atoms with Crippen LogP contribution in [0.25, 0.3) is 16.5 Å². The maximum atomic E-state index is 4.65. The van der Waals surface area contributed by atoms with E-state index in [9.17, 15) is 0 Å². The maximum absolute atomic E-state index is 4.65. The molecule has 2 heterocycles. The van der Waals surface area contributed by atoms with Crippen molar-refractivity contribution in [3.05, 3.63) is 54.6 Å². The van der Waals surface area contributed by atoms with Crippen molar-refractivity contribution in [3.63, 3.8) is 0 Å². The van der Waals surface area contributed by atoms with E-state index < -0.39 is 0 Å². The number of rotatable bonds is 5. The summed E-state index contributed by atoms with van der Waals surface area (Å²) in [5.41, 5.74) is 2.12. The minimum Gasteiger partial charge on any atom is -0.311 e. The van der Waals surface area contributed by atoms with Gasteiger partial charge in [-0.2, -0.15) is 5.10 Å². The molecule has 2 aromatic heterocycles. The first-order valence-electron chi connectivity index (χ1n) is 7.32. The van der Waals surface area contributed by atoms with E-state index in [1.165, 1.54) is 5.39 Å². The molecule has 1 N–H and O–H groups in total. The molecule has 0 saturated carbocycles. The lowest BCUT2D eigenvalue weighted by molar-refractivity contribution is 0.546. The largest absolute Gasteiger partial charge is 0.311 e. The molecule has 0 aliphatic rings. The van der Waals surface area contributed by atoms with Gasteiger partial charge in [-0.3, -0.25) is 4.98 Å². The molecule has 1 aromatic carbocycles. The Kier molecular flexibility index (Phi) is 3.97. The highest BCUT2D eigenvalue weighted by Gasteiger charge is 2.05. The van der Waals surface area contributed by atoms with Gasteiger partial charge in [0.2, 0.25) is 0 Å². The molecule has 3 rings (SSSR count). The summed E-state index contributed by atoms with van der Waals surface area (Å²) in [6.45, 7) is 6.21. The Hall–Kier alpha value is -2.20. The molecular formula is C17H20N4. The van der Waals surface area contributed by atoms with Crippen LogP contribution >= 0.6 is 0 Å². The van der Waals surface area contributed by atoms with Crippen molar-refractivity contribution in [2.75, 3.05) is 6.54 Å². The fourth-order valence-electron chi connectivity index (χ4n) is 2.38. The summed E-state index contributed by atoms with van der Waals surface area (Å²) < 4.78 is 1.93. The van der Waals surface area contributed by atoms with Crippen molar-refractivity contribution in [1.29, 1.82) is 0 Å². The van der Waals surface area contributed by atoms with Gasteiger partial charge in [-0.05, 0) is 36.0 Å². The number of hydrogen-bond acceptors (Lipinski definition) is 3. The number of nitrogens with one attached hydrogen (secondary N) is 1. The maximum Gasteiger partial charge on any atom is 0.0766 e. The quantitative estimate of drug-likeness (QED) is 0.780. The predicted molar refractivity (Wildman–Crippen MR) is 85.4 cm³/mol. The highest BCUT2D eigenvalue weighted by atomic mass is 15.3. The van der Waals surface area contributed by atoms with E-state index in [2.05, 4.69) is 53.5 Å². The SMILES string of the molecule is CC(C)CNCc1ccn(-c2cccc3ccncc23)n1. The van der Waals surface area contributed by atoms with E-state index in [0.29, 0.717) is 5.92 Å². The summed E-state index contributed by atoms with van der Waals surface area (Å²) in [4.78, 5) is 4.22. The van der Waals surface area contributed by atoms with Gasteiger partial charge in [-0.25, -0.2) is 4.68 Å². The monoisotopic (exact) mass is 280 g/mol. The first-order chi connectivity index (χ1) is 10.2. The number of fused-ring (bicyclic) bond motifs is 1. The summed E-state index contributed by atoms with van der Waals surface area (Å²) in [6.07, 6.45) is 5.72. The predicted octanol–water partition coefficient (Wildman–Crippen LogP) is 3.17. The number of nitrogens with zero attached hydrogens (tertiary/aromatic N) is 3. The van der Waals surface area contributed by atoms with Gasteiger partial charge in [0.1, 0.15) is 0 Å². The van der Waals surface area contributed by atoms with Crippen LogP contribution in [0.1, 0.15) is 19.5 Å². The van der Waals surface area contributed by atoms with Gasteiger partial charge in [0.05, 0.1) is 11.4 Å². The molecule has 0 saturated heterocycles. The van der Waals surface area contributed by atoms with Crippen molar-refractivity contribution in [2.24, 2.45) is 5.92 Å². The molecule has 0 aliphatic heterocycles. The van der Waals surface area contributed by atoms with Crippen LogP contribution in [0.4, 0.5) is 0 Å². The van der Waals surface area contributed by atoms with E-state index in [4.69, 9.17) is 0 Å². The van der Waals surface area contributed by atoms with Gasteiger partial charge in [-0.15, -0.1) is 0 Å².